The number of carbonyl (C=O) groups is 2. The van der Waals surface area contributed by atoms with Crippen molar-refractivity contribution in [1.82, 2.24) is 9.80 Å². The van der Waals surface area contributed by atoms with Crippen molar-refractivity contribution in [3.8, 4) is 9.75 Å². The van der Waals surface area contributed by atoms with Gasteiger partial charge >= 0.3 is 0 Å². The molecular formula is C56H58N2O2S4. The second-order valence-corrected chi connectivity index (χ2v) is 23.8. The molecule has 10 rings (SSSR count). The van der Waals surface area contributed by atoms with E-state index in [4.69, 9.17) is 0 Å². The smallest absolute Gasteiger partial charge is 0.261 e. The van der Waals surface area contributed by atoms with Crippen LogP contribution in [0.4, 0.5) is 0 Å². The molecule has 0 unspecified atom stereocenters. The monoisotopic (exact) mass is 918 g/mol. The zero-order valence-electron chi connectivity index (χ0n) is 38.5. The molecule has 4 aromatic carbocycles. The number of hydrogen-bond donors (Lipinski definition) is 0. The Morgan fingerprint density at radius 2 is 0.859 bits per heavy atom. The summed E-state index contributed by atoms with van der Waals surface area (Å²) in [6.07, 6.45) is 12.6. The van der Waals surface area contributed by atoms with Gasteiger partial charge in [0.15, 0.2) is 0 Å². The number of unbranched alkanes of at least 4 members (excludes halogenated alkanes) is 6. The van der Waals surface area contributed by atoms with E-state index in [1.165, 1.54) is 125 Å². The van der Waals surface area contributed by atoms with Gasteiger partial charge in [-0.3, -0.25) is 9.59 Å². The third kappa shape index (κ3) is 7.19. The number of hydrogen-bond acceptors (Lipinski definition) is 6. The largest absolute Gasteiger partial charge is 0.309 e. The zero-order chi connectivity index (χ0) is 44.7. The molecule has 2 aliphatic heterocycles. The SMILES string of the molecule is CCCCCCCC(C)(C)c1cc2c(ccc3c2ccc2c4ccc5sc(-c6ccc(C7=C8C(=O)N(C)C(c9ccc(C(C)(C)CCCCC)s9)=C8C(=O)N7C)s6)cc5c4ccc32)s1. The maximum absolute atomic E-state index is 14.1. The van der Waals surface area contributed by atoms with Gasteiger partial charge in [0.05, 0.1) is 32.3 Å². The number of nitrogens with zero attached hydrogens (tertiary/aromatic N) is 2. The van der Waals surface area contributed by atoms with Crippen molar-refractivity contribution in [2.24, 2.45) is 0 Å². The molecule has 4 aromatic heterocycles. The zero-order valence-corrected chi connectivity index (χ0v) is 41.8. The van der Waals surface area contributed by atoms with E-state index in [9.17, 15) is 9.59 Å². The van der Waals surface area contributed by atoms with Crippen LogP contribution >= 0.6 is 45.3 Å². The number of benzene rings is 4. The van der Waals surface area contributed by atoms with E-state index in [-0.39, 0.29) is 22.6 Å². The Morgan fingerprint density at radius 3 is 1.45 bits per heavy atom. The van der Waals surface area contributed by atoms with Crippen molar-refractivity contribution in [2.45, 2.75) is 117 Å². The summed E-state index contributed by atoms with van der Waals surface area (Å²) in [6.45, 7) is 14.0. The Bertz CT molecular complexity index is 3240. The highest BCUT2D eigenvalue weighted by Gasteiger charge is 2.47. The van der Waals surface area contributed by atoms with Crippen LogP contribution in [-0.4, -0.2) is 35.7 Å². The first-order valence-electron chi connectivity index (χ1n) is 23.3. The number of carbonyl (C=O) groups excluding carboxylic acids is 2. The van der Waals surface area contributed by atoms with E-state index in [1.807, 2.05) is 25.4 Å². The second-order valence-electron chi connectivity index (χ2n) is 19.5. The molecule has 0 spiro atoms. The molecule has 8 aromatic rings. The standard InChI is InChI=1S/C56H58N2O2S4/c1-9-11-13-14-16-30-56(5,6)48-32-40-38-20-18-33-34(36(38)22-24-42(40)63-48)17-19-37-35(33)21-23-41-39(37)31-46(61-41)43-25-26-44(62-43)51-49-50(54(60)57(51)7)52(58(8)53(49)59)45-27-28-47(64-45)55(3,4)29-15-12-10-2/h17-28,31-32H,9-16,29-30H2,1-8H3. The normalized spacial score (nSPS) is 15.1. The fraction of sp³-hybridized carbons (Fsp3) is 0.357. The van der Waals surface area contributed by atoms with Crippen molar-refractivity contribution >= 4 is 121 Å². The molecule has 0 saturated heterocycles. The van der Waals surface area contributed by atoms with E-state index in [0.717, 1.165) is 26.7 Å². The summed E-state index contributed by atoms with van der Waals surface area (Å²) in [5.41, 5.74) is 2.70. The minimum atomic E-state index is -0.116. The van der Waals surface area contributed by atoms with Crippen LogP contribution in [0, 0.1) is 0 Å². The van der Waals surface area contributed by atoms with Gasteiger partial charge in [-0.05, 0) is 105 Å². The summed E-state index contributed by atoms with van der Waals surface area (Å²) in [5, 5.41) is 10.4. The van der Waals surface area contributed by atoms with Gasteiger partial charge in [0, 0.05) is 53.8 Å². The predicted octanol–water partition coefficient (Wildman–Crippen LogP) is 16.9. The van der Waals surface area contributed by atoms with Crippen LogP contribution in [0.3, 0.4) is 0 Å². The maximum Gasteiger partial charge on any atom is 0.261 e. The van der Waals surface area contributed by atoms with E-state index < -0.39 is 0 Å². The highest BCUT2D eigenvalue weighted by molar-refractivity contribution is 7.26. The predicted molar refractivity (Wildman–Crippen MR) is 280 cm³/mol. The molecule has 64 heavy (non-hydrogen) atoms. The van der Waals surface area contributed by atoms with Gasteiger partial charge in [0.25, 0.3) is 11.8 Å². The minimum Gasteiger partial charge on any atom is -0.309 e. The van der Waals surface area contributed by atoms with Gasteiger partial charge in [-0.15, -0.1) is 45.3 Å². The first-order chi connectivity index (χ1) is 30.8. The molecule has 4 nitrogen and oxygen atoms in total. The van der Waals surface area contributed by atoms with Crippen LogP contribution in [0.2, 0.25) is 0 Å². The molecule has 0 radical (unpaired) electrons. The van der Waals surface area contributed by atoms with E-state index in [1.54, 1.807) is 43.8 Å². The van der Waals surface area contributed by atoms with Gasteiger partial charge in [-0.1, -0.05) is 129 Å². The molecule has 2 amide bonds. The Balaban J connectivity index is 0.968. The lowest BCUT2D eigenvalue weighted by molar-refractivity contribution is -0.123. The van der Waals surface area contributed by atoms with Crippen LogP contribution in [0.15, 0.2) is 96.1 Å². The van der Waals surface area contributed by atoms with Crippen LogP contribution < -0.4 is 0 Å². The fourth-order valence-corrected chi connectivity index (χ4v) is 15.0. The van der Waals surface area contributed by atoms with Gasteiger partial charge in [-0.25, -0.2) is 0 Å². The van der Waals surface area contributed by atoms with Gasteiger partial charge in [-0.2, -0.15) is 0 Å². The second kappa shape index (κ2) is 16.7. The lowest BCUT2D eigenvalue weighted by Gasteiger charge is -2.23. The molecule has 0 aliphatic carbocycles. The average Bonchev–Trinajstić information content (AvgIpc) is 4.15. The van der Waals surface area contributed by atoms with Gasteiger partial charge in [0.1, 0.15) is 0 Å². The van der Waals surface area contributed by atoms with Crippen molar-refractivity contribution in [3.05, 3.63) is 116 Å². The average molecular weight is 919 g/mol. The minimum absolute atomic E-state index is 0.0342. The Labute approximate surface area is 393 Å². The van der Waals surface area contributed by atoms with Crippen LogP contribution in [0.25, 0.3) is 73.6 Å². The van der Waals surface area contributed by atoms with Gasteiger partial charge < -0.3 is 9.80 Å². The number of likely N-dealkylation sites (N-methyl/N-ethyl adjacent to an activating group) is 2. The number of thiophene rings is 4. The molecule has 0 N–H and O–H groups in total. The lowest BCUT2D eigenvalue weighted by Crippen LogP contribution is -2.24. The summed E-state index contributed by atoms with van der Waals surface area (Å²) in [5.74, 6) is -0.231. The summed E-state index contributed by atoms with van der Waals surface area (Å²) >= 11 is 7.16. The molecule has 6 heterocycles. The summed E-state index contributed by atoms with van der Waals surface area (Å²) < 4.78 is 2.63. The highest BCUT2D eigenvalue weighted by Crippen LogP contribution is 2.50. The van der Waals surface area contributed by atoms with E-state index in [0.29, 0.717) is 16.8 Å². The molecule has 328 valence electrons. The van der Waals surface area contributed by atoms with Crippen molar-refractivity contribution in [3.63, 3.8) is 0 Å². The Hall–Kier alpha value is -4.60. The molecule has 0 fully saturated rings. The van der Waals surface area contributed by atoms with E-state index in [2.05, 4.69) is 126 Å². The lowest BCUT2D eigenvalue weighted by atomic mass is 9.85. The van der Waals surface area contributed by atoms with Crippen LogP contribution in [-0.2, 0) is 20.4 Å². The van der Waals surface area contributed by atoms with Crippen molar-refractivity contribution in [1.29, 1.82) is 0 Å². The third-order valence-electron chi connectivity index (χ3n) is 14.2. The molecule has 0 atom stereocenters. The van der Waals surface area contributed by atoms with Crippen molar-refractivity contribution in [2.75, 3.05) is 14.1 Å². The Kier molecular flexibility index (Phi) is 11.3. The Morgan fingerprint density at radius 1 is 0.422 bits per heavy atom. The quantitative estimate of drug-likeness (QED) is 0.0759. The van der Waals surface area contributed by atoms with Crippen molar-refractivity contribution < 1.29 is 9.59 Å². The number of fused-ring (bicyclic) bond motifs is 10. The summed E-state index contributed by atoms with van der Waals surface area (Å²) in [7, 11) is 3.63. The maximum atomic E-state index is 14.1. The summed E-state index contributed by atoms with van der Waals surface area (Å²) in [6, 6.07) is 32.0. The van der Waals surface area contributed by atoms with Crippen LogP contribution in [0.1, 0.15) is 125 Å². The molecular weight excluding hydrogens is 861 g/mol. The molecule has 8 heteroatoms. The van der Waals surface area contributed by atoms with E-state index >= 15 is 0 Å². The summed E-state index contributed by atoms with van der Waals surface area (Å²) in [4.78, 5) is 38.6. The third-order valence-corrected chi connectivity index (χ3v) is 19.5. The molecule has 0 bridgehead atoms. The topological polar surface area (TPSA) is 40.6 Å². The first-order valence-corrected chi connectivity index (χ1v) is 26.6. The molecule has 2 aliphatic rings. The number of rotatable bonds is 15. The fourth-order valence-electron chi connectivity index (χ4n) is 10.3. The molecule has 0 saturated carbocycles. The van der Waals surface area contributed by atoms with Crippen LogP contribution in [0.5, 0.6) is 0 Å². The highest BCUT2D eigenvalue weighted by atomic mass is 32.1. The first kappa shape index (κ1) is 43.3. The number of amides is 2. The van der Waals surface area contributed by atoms with Gasteiger partial charge in [0.2, 0.25) is 0 Å².